The quantitative estimate of drug-likeness (QED) is 0.640. The van der Waals surface area contributed by atoms with Crippen LogP contribution in [0.5, 0.6) is 5.75 Å². The number of anilines is 1. The minimum absolute atomic E-state index is 0.140. The minimum atomic E-state index is -0.956. The predicted molar refractivity (Wildman–Crippen MR) is 87.8 cm³/mol. The largest absolute Gasteiger partial charge is 0.493 e. The Morgan fingerprint density at radius 1 is 1.29 bits per heavy atom. The van der Waals surface area contributed by atoms with Gasteiger partial charge >= 0.3 is 5.69 Å². The van der Waals surface area contributed by atoms with Crippen molar-refractivity contribution in [3.63, 3.8) is 0 Å². The van der Waals surface area contributed by atoms with E-state index in [0.29, 0.717) is 23.8 Å². The highest BCUT2D eigenvalue weighted by molar-refractivity contribution is 6.04. The van der Waals surface area contributed by atoms with E-state index in [9.17, 15) is 19.3 Å². The Kier molecular flexibility index (Phi) is 5.47. The molecule has 0 aromatic heterocycles. The maximum atomic E-state index is 13.3. The molecule has 24 heavy (non-hydrogen) atoms. The molecule has 0 bridgehead atoms. The zero-order valence-electron chi connectivity index (χ0n) is 13.3. The van der Waals surface area contributed by atoms with Gasteiger partial charge in [-0.05, 0) is 36.2 Å². The molecule has 0 radical (unpaired) electrons. The van der Waals surface area contributed by atoms with Crippen molar-refractivity contribution in [2.45, 2.75) is 13.8 Å². The van der Waals surface area contributed by atoms with Gasteiger partial charge in [-0.2, -0.15) is 4.39 Å². The number of nitrogens with zero attached hydrogens (tertiary/aromatic N) is 1. The topological polar surface area (TPSA) is 81.5 Å². The van der Waals surface area contributed by atoms with Crippen molar-refractivity contribution in [1.82, 2.24) is 0 Å². The van der Waals surface area contributed by atoms with E-state index >= 15 is 0 Å². The van der Waals surface area contributed by atoms with Crippen LogP contribution in [-0.4, -0.2) is 17.4 Å². The van der Waals surface area contributed by atoms with Crippen LogP contribution in [-0.2, 0) is 0 Å². The van der Waals surface area contributed by atoms with Gasteiger partial charge in [0, 0.05) is 17.3 Å². The van der Waals surface area contributed by atoms with Gasteiger partial charge in [0.25, 0.3) is 5.91 Å². The molecular weight excluding hydrogens is 315 g/mol. The molecule has 2 aromatic carbocycles. The molecule has 7 heteroatoms. The first kappa shape index (κ1) is 17.4. The maximum absolute atomic E-state index is 13.3. The maximum Gasteiger partial charge on any atom is 0.306 e. The fraction of sp³-hybridized carbons (Fsp3) is 0.235. The molecule has 6 nitrogen and oxygen atoms in total. The average molecular weight is 332 g/mol. The number of hydrogen-bond acceptors (Lipinski definition) is 4. The van der Waals surface area contributed by atoms with Gasteiger partial charge < -0.3 is 10.1 Å². The van der Waals surface area contributed by atoms with Crippen molar-refractivity contribution in [2.75, 3.05) is 11.9 Å². The van der Waals surface area contributed by atoms with E-state index in [1.165, 1.54) is 6.07 Å². The number of rotatable bonds is 6. The minimum Gasteiger partial charge on any atom is -0.493 e. The van der Waals surface area contributed by atoms with Gasteiger partial charge in [0.1, 0.15) is 5.75 Å². The number of benzene rings is 2. The molecule has 0 aliphatic carbocycles. The number of carbonyl (C=O) groups excluding carboxylic acids is 1. The smallest absolute Gasteiger partial charge is 0.306 e. The Balaban J connectivity index is 2.14. The number of ether oxygens (including phenoxy) is 1. The first-order valence-corrected chi connectivity index (χ1v) is 7.35. The number of amides is 1. The van der Waals surface area contributed by atoms with Crippen LogP contribution in [0.4, 0.5) is 15.8 Å². The summed E-state index contributed by atoms with van der Waals surface area (Å²) in [6.07, 6.45) is 0. The Morgan fingerprint density at radius 2 is 2.04 bits per heavy atom. The van der Waals surface area contributed by atoms with Gasteiger partial charge in [-0.1, -0.05) is 19.9 Å². The summed E-state index contributed by atoms with van der Waals surface area (Å²) in [6, 6.07) is 9.77. The van der Waals surface area contributed by atoms with Crippen molar-refractivity contribution >= 4 is 17.3 Å². The molecule has 0 atom stereocenters. The number of hydrogen-bond donors (Lipinski definition) is 1. The molecule has 126 valence electrons. The van der Waals surface area contributed by atoms with Crippen LogP contribution in [0.1, 0.15) is 24.2 Å². The number of halogens is 1. The molecule has 0 heterocycles. The first-order chi connectivity index (χ1) is 11.4. The van der Waals surface area contributed by atoms with Crippen molar-refractivity contribution in [3.8, 4) is 5.75 Å². The zero-order valence-corrected chi connectivity index (χ0v) is 13.3. The van der Waals surface area contributed by atoms with E-state index in [1.807, 2.05) is 13.8 Å². The lowest BCUT2D eigenvalue weighted by Gasteiger charge is -2.10. The molecule has 0 saturated carbocycles. The number of nitrogens with one attached hydrogen (secondary N) is 1. The molecule has 0 saturated heterocycles. The van der Waals surface area contributed by atoms with Gasteiger partial charge in [0.15, 0.2) is 0 Å². The van der Waals surface area contributed by atoms with E-state index in [-0.39, 0.29) is 5.69 Å². The Labute approximate surface area is 138 Å². The lowest BCUT2D eigenvalue weighted by Crippen LogP contribution is -2.12. The molecular formula is C17H17FN2O4. The first-order valence-electron chi connectivity index (χ1n) is 7.35. The van der Waals surface area contributed by atoms with Crippen LogP contribution in [0, 0.1) is 21.8 Å². The summed E-state index contributed by atoms with van der Waals surface area (Å²) in [5.41, 5.74) is -0.216. The van der Waals surface area contributed by atoms with Gasteiger partial charge in [0.2, 0.25) is 5.82 Å². The average Bonchev–Trinajstić information content (AvgIpc) is 2.54. The molecule has 2 rings (SSSR count). The van der Waals surface area contributed by atoms with Gasteiger partial charge in [-0.3, -0.25) is 14.9 Å². The van der Waals surface area contributed by atoms with Crippen molar-refractivity contribution in [3.05, 3.63) is 64.0 Å². The SMILES string of the molecule is CC(C)COc1cccc(C(=O)Nc2ccc(F)c([N+](=O)[O-])c2)c1. The normalized spacial score (nSPS) is 10.5. The van der Waals surface area contributed by atoms with E-state index in [1.54, 1.807) is 24.3 Å². The summed E-state index contributed by atoms with van der Waals surface area (Å²) in [4.78, 5) is 22.1. The third-order valence-corrected chi connectivity index (χ3v) is 3.08. The van der Waals surface area contributed by atoms with E-state index in [2.05, 4.69) is 5.32 Å². The van der Waals surface area contributed by atoms with E-state index in [4.69, 9.17) is 4.74 Å². The zero-order chi connectivity index (χ0) is 17.7. The lowest BCUT2D eigenvalue weighted by molar-refractivity contribution is -0.387. The van der Waals surface area contributed by atoms with Crippen LogP contribution in [0.15, 0.2) is 42.5 Å². The second kappa shape index (κ2) is 7.54. The van der Waals surface area contributed by atoms with Crippen LogP contribution < -0.4 is 10.1 Å². The van der Waals surface area contributed by atoms with Crippen LogP contribution in [0.3, 0.4) is 0 Å². The van der Waals surface area contributed by atoms with Crippen molar-refractivity contribution < 1.29 is 18.8 Å². The fourth-order valence-corrected chi connectivity index (χ4v) is 1.92. The van der Waals surface area contributed by atoms with E-state index in [0.717, 1.165) is 12.1 Å². The van der Waals surface area contributed by atoms with Gasteiger partial charge in [0.05, 0.1) is 11.5 Å². The third kappa shape index (κ3) is 4.52. The molecule has 0 fully saturated rings. The summed E-state index contributed by atoms with van der Waals surface area (Å²) in [5, 5.41) is 13.2. The van der Waals surface area contributed by atoms with Crippen LogP contribution in [0.2, 0.25) is 0 Å². The predicted octanol–water partition coefficient (Wildman–Crippen LogP) is 4.02. The Bertz CT molecular complexity index is 762. The fourth-order valence-electron chi connectivity index (χ4n) is 1.92. The molecule has 2 aromatic rings. The second-order valence-electron chi connectivity index (χ2n) is 5.61. The molecule has 1 N–H and O–H groups in total. The van der Waals surface area contributed by atoms with Crippen LogP contribution >= 0.6 is 0 Å². The lowest BCUT2D eigenvalue weighted by atomic mass is 10.2. The van der Waals surface area contributed by atoms with E-state index < -0.39 is 22.3 Å². The summed E-state index contributed by atoms with van der Waals surface area (Å²) < 4.78 is 18.9. The number of nitro benzene ring substituents is 1. The highest BCUT2D eigenvalue weighted by Crippen LogP contribution is 2.22. The summed E-state index contributed by atoms with van der Waals surface area (Å²) in [7, 11) is 0. The highest BCUT2D eigenvalue weighted by Gasteiger charge is 2.16. The summed E-state index contributed by atoms with van der Waals surface area (Å²) in [6.45, 7) is 4.55. The number of carbonyl (C=O) groups is 1. The highest BCUT2D eigenvalue weighted by atomic mass is 19.1. The molecule has 0 unspecified atom stereocenters. The van der Waals surface area contributed by atoms with Crippen molar-refractivity contribution in [1.29, 1.82) is 0 Å². The Hall–Kier alpha value is -2.96. The van der Waals surface area contributed by atoms with Gasteiger partial charge in [-0.15, -0.1) is 0 Å². The Morgan fingerprint density at radius 3 is 2.71 bits per heavy atom. The van der Waals surface area contributed by atoms with Crippen molar-refractivity contribution in [2.24, 2.45) is 5.92 Å². The molecule has 1 amide bonds. The number of nitro groups is 1. The summed E-state index contributed by atoms with van der Waals surface area (Å²) in [5.74, 6) is -0.517. The standard InChI is InChI=1S/C17H17FN2O4/c1-11(2)10-24-14-5-3-4-12(8-14)17(21)19-13-6-7-15(18)16(9-13)20(22)23/h3-9,11H,10H2,1-2H3,(H,19,21). The molecule has 0 aliphatic heterocycles. The summed E-state index contributed by atoms with van der Waals surface area (Å²) >= 11 is 0. The molecule has 0 spiro atoms. The monoisotopic (exact) mass is 332 g/mol. The van der Waals surface area contributed by atoms with Gasteiger partial charge in [-0.25, -0.2) is 0 Å². The second-order valence-corrected chi connectivity index (χ2v) is 5.61. The third-order valence-electron chi connectivity index (χ3n) is 3.08. The molecule has 0 aliphatic rings. The van der Waals surface area contributed by atoms with Crippen LogP contribution in [0.25, 0.3) is 0 Å².